The summed E-state index contributed by atoms with van der Waals surface area (Å²) in [5, 5.41) is 6.76. The van der Waals surface area contributed by atoms with E-state index in [-0.39, 0.29) is 18.9 Å². The van der Waals surface area contributed by atoms with Gasteiger partial charge in [-0.15, -0.1) is 0 Å². The van der Waals surface area contributed by atoms with Crippen LogP contribution in [0.1, 0.15) is 16.8 Å². The molecule has 1 N–H and O–H groups in total. The number of aromatic amines is 1. The molecule has 0 amide bonds. The fraction of sp³-hybridized carbons (Fsp3) is 0.333. The second-order valence-corrected chi connectivity index (χ2v) is 4.65. The molecular weight excluding hydrogens is 272 g/mol. The fourth-order valence-corrected chi connectivity index (χ4v) is 2.14. The molecule has 2 heterocycles. The van der Waals surface area contributed by atoms with Crippen molar-refractivity contribution in [1.29, 1.82) is 0 Å². The minimum absolute atomic E-state index is 0.255. The summed E-state index contributed by atoms with van der Waals surface area (Å²) in [5.74, 6) is -0.352. The first-order chi connectivity index (χ1) is 10.3. The zero-order valence-corrected chi connectivity index (χ0v) is 11.5. The number of aromatic nitrogens is 2. The van der Waals surface area contributed by atoms with Crippen LogP contribution in [-0.4, -0.2) is 42.3 Å². The number of hydrogen-bond donors (Lipinski definition) is 1. The number of benzene rings is 1. The molecule has 0 spiro atoms. The predicted octanol–water partition coefficient (Wildman–Crippen LogP) is 2.00. The van der Waals surface area contributed by atoms with E-state index in [9.17, 15) is 4.79 Å². The van der Waals surface area contributed by atoms with Crippen LogP contribution in [0.25, 0.3) is 11.3 Å². The van der Waals surface area contributed by atoms with E-state index < -0.39 is 0 Å². The Balaban J connectivity index is 1.58. The fourth-order valence-electron chi connectivity index (χ4n) is 2.14. The third-order valence-corrected chi connectivity index (χ3v) is 3.19. The number of hydrogen-bond acceptors (Lipinski definition) is 5. The van der Waals surface area contributed by atoms with E-state index >= 15 is 0 Å². The highest BCUT2D eigenvalue weighted by molar-refractivity contribution is 5.90. The quantitative estimate of drug-likeness (QED) is 0.852. The van der Waals surface area contributed by atoms with E-state index in [4.69, 9.17) is 14.2 Å². The van der Waals surface area contributed by atoms with E-state index in [0.717, 1.165) is 11.3 Å². The maximum absolute atomic E-state index is 12.0. The van der Waals surface area contributed by atoms with Gasteiger partial charge >= 0.3 is 5.97 Å². The Morgan fingerprint density at radius 3 is 2.95 bits per heavy atom. The first kappa shape index (κ1) is 13.8. The highest BCUT2D eigenvalue weighted by Crippen LogP contribution is 2.18. The third kappa shape index (κ3) is 3.48. The number of ether oxygens (including phenoxy) is 3. The highest BCUT2D eigenvalue weighted by Gasteiger charge is 2.16. The summed E-state index contributed by atoms with van der Waals surface area (Å²) in [6, 6.07) is 9.07. The van der Waals surface area contributed by atoms with Crippen LogP contribution in [0, 0.1) is 0 Å². The molecule has 0 saturated carbocycles. The van der Waals surface area contributed by atoms with Crippen LogP contribution in [0.3, 0.4) is 0 Å². The van der Waals surface area contributed by atoms with Gasteiger partial charge in [-0.05, 0) is 18.2 Å². The van der Waals surface area contributed by atoms with Crippen molar-refractivity contribution in [3.05, 3.63) is 42.1 Å². The van der Waals surface area contributed by atoms with Crippen LogP contribution in [-0.2, 0) is 14.2 Å². The van der Waals surface area contributed by atoms with Crippen molar-refractivity contribution in [2.24, 2.45) is 0 Å². The maximum Gasteiger partial charge on any atom is 0.338 e. The largest absolute Gasteiger partial charge is 0.462 e. The molecule has 2 aromatic rings. The molecule has 110 valence electrons. The van der Waals surface area contributed by atoms with Gasteiger partial charge in [0.2, 0.25) is 0 Å². The van der Waals surface area contributed by atoms with Gasteiger partial charge in [0.05, 0.1) is 31.1 Å². The van der Waals surface area contributed by atoms with Crippen molar-refractivity contribution in [2.45, 2.75) is 12.7 Å². The normalized spacial score (nSPS) is 15.2. The molecular formula is C15H16N2O4. The topological polar surface area (TPSA) is 73.4 Å². The van der Waals surface area contributed by atoms with Gasteiger partial charge in [0.15, 0.2) is 6.29 Å². The number of esters is 1. The van der Waals surface area contributed by atoms with Gasteiger partial charge in [-0.1, -0.05) is 12.1 Å². The summed E-state index contributed by atoms with van der Waals surface area (Å²) < 4.78 is 15.8. The second-order valence-electron chi connectivity index (χ2n) is 4.65. The van der Waals surface area contributed by atoms with Crippen LogP contribution in [0.2, 0.25) is 0 Å². The minimum atomic E-state index is -0.352. The minimum Gasteiger partial charge on any atom is -0.462 e. The molecule has 1 saturated heterocycles. The number of rotatable bonds is 5. The molecule has 21 heavy (non-hydrogen) atoms. The summed E-state index contributed by atoms with van der Waals surface area (Å²) in [5.41, 5.74) is 2.26. The van der Waals surface area contributed by atoms with Gasteiger partial charge in [-0.2, -0.15) is 5.10 Å². The number of nitrogens with zero attached hydrogens (tertiary/aromatic N) is 1. The molecule has 0 radical (unpaired) electrons. The first-order valence-electron chi connectivity index (χ1n) is 6.83. The third-order valence-electron chi connectivity index (χ3n) is 3.19. The molecule has 0 aliphatic carbocycles. The summed E-state index contributed by atoms with van der Waals surface area (Å²) in [7, 11) is 0. The molecule has 1 aromatic carbocycles. The van der Waals surface area contributed by atoms with Crippen LogP contribution >= 0.6 is 0 Å². The van der Waals surface area contributed by atoms with Crippen LogP contribution in [0.5, 0.6) is 0 Å². The Bertz CT molecular complexity index is 591. The van der Waals surface area contributed by atoms with Crippen LogP contribution in [0.4, 0.5) is 0 Å². The second kappa shape index (κ2) is 6.51. The van der Waals surface area contributed by atoms with Crippen molar-refractivity contribution >= 4 is 5.97 Å². The first-order valence-corrected chi connectivity index (χ1v) is 6.83. The van der Waals surface area contributed by atoms with Crippen LogP contribution in [0.15, 0.2) is 36.5 Å². The molecule has 6 nitrogen and oxygen atoms in total. The van der Waals surface area contributed by atoms with E-state index in [1.807, 2.05) is 18.2 Å². The monoisotopic (exact) mass is 288 g/mol. The van der Waals surface area contributed by atoms with Gasteiger partial charge in [0, 0.05) is 18.2 Å². The lowest BCUT2D eigenvalue weighted by Gasteiger charge is -2.09. The van der Waals surface area contributed by atoms with Crippen molar-refractivity contribution < 1.29 is 19.0 Å². The van der Waals surface area contributed by atoms with Crippen molar-refractivity contribution in [2.75, 3.05) is 19.8 Å². The number of carbonyl (C=O) groups is 1. The summed E-state index contributed by atoms with van der Waals surface area (Å²) >= 11 is 0. The molecule has 1 fully saturated rings. The van der Waals surface area contributed by atoms with Crippen molar-refractivity contribution in [3.63, 3.8) is 0 Å². The Morgan fingerprint density at radius 1 is 1.33 bits per heavy atom. The number of carbonyl (C=O) groups excluding carboxylic acids is 1. The molecule has 0 bridgehead atoms. The Morgan fingerprint density at radius 2 is 2.19 bits per heavy atom. The van der Waals surface area contributed by atoms with Crippen molar-refractivity contribution in [1.82, 2.24) is 10.2 Å². The summed E-state index contributed by atoms with van der Waals surface area (Å²) in [6.45, 7) is 1.48. The average Bonchev–Trinajstić information content (AvgIpc) is 3.21. The lowest BCUT2D eigenvalue weighted by atomic mass is 10.1. The number of nitrogens with one attached hydrogen (secondary N) is 1. The predicted molar refractivity (Wildman–Crippen MR) is 74.6 cm³/mol. The van der Waals surface area contributed by atoms with E-state index in [1.165, 1.54) is 0 Å². The lowest BCUT2D eigenvalue weighted by Crippen LogP contribution is -2.14. The van der Waals surface area contributed by atoms with E-state index in [1.54, 1.807) is 18.3 Å². The van der Waals surface area contributed by atoms with E-state index in [0.29, 0.717) is 25.2 Å². The van der Waals surface area contributed by atoms with Gasteiger partial charge < -0.3 is 14.2 Å². The molecule has 1 aliphatic rings. The molecule has 0 unspecified atom stereocenters. The molecule has 0 atom stereocenters. The zero-order chi connectivity index (χ0) is 14.5. The van der Waals surface area contributed by atoms with Gasteiger partial charge in [0.1, 0.15) is 0 Å². The molecule has 1 aromatic heterocycles. The number of H-pyrrole nitrogens is 1. The van der Waals surface area contributed by atoms with Gasteiger partial charge in [-0.25, -0.2) is 4.79 Å². The summed E-state index contributed by atoms with van der Waals surface area (Å²) in [4.78, 5) is 12.0. The Kier molecular flexibility index (Phi) is 4.28. The Labute approximate surface area is 122 Å². The maximum atomic E-state index is 12.0. The molecule has 3 rings (SSSR count). The van der Waals surface area contributed by atoms with Gasteiger partial charge in [-0.3, -0.25) is 5.10 Å². The molecule has 6 heteroatoms. The van der Waals surface area contributed by atoms with Gasteiger partial charge in [0.25, 0.3) is 0 Å². The average molecular weight is 288 g/mol. The Hall–Kier alpha value is -2.18. The SMILES string of the molecule is O=C(OCCC1OCCO1)c1cccc(-c2ccn[nH]2)c1. The molecule has 1 aliphatic heterocycles. The highest BCUT2D eigenvalue weighted by atomic mass is 16.7. The van der Waals surface area contributed by atoms with Crippen molar-refractivity contribution in [3.8, 4) is 11.3 Å². The smallest absolute Gasteiger partial charge is 0.338 e. The summed E-state index contributed by atoms with van der Waals surface area (Å²) in [6.07, 6.45) is 1.96. The lowest BCUT2D eigenvalue weighted by molar-refractivity contribution is -0.0572. The van der Waals surface area contributed by atoms with Crippen LogP contribution < -0.4 is 0 Å². The van der Waals surface area contributed by atoms with E-state index in [2.05, 4.69) is 10.2 Å². The zero-order valence-electron chi connectivity index (χ0n) is 11.5. The standard InChI is InChI=1S/C15H16N2O4/c18-15(21-7-5-14-19-8-9-20-14)12-3-1-2-11(10-12)13-4-6-16-17-13/h1-4,6,10,14H,5,7-9H2,(H,16,17).